The van der Waals surface area contributed by atoms with Crippen molar-refractivity contribution in [3.63, 3.8) is 0 Å². The van der Waals surface area contributed by atoms with Gasteiger partial charge >= 0.3 is 0 Å². The Morgan fingerprint density at radius 1 is 1.53 bits per heavy atom. The Kier molecular flexibility index (Phi) is 5.77. The highest BCUT2D eigenvalue weighted by Gasteiger charge is 2.13. The Morgan fingerprint density at radius 3 is 2.76 bits per heavy atom. The van der Waals surface area contributed by atoms with Crippen LogP contribution >= 0.6 is 15.9 Å². The van der Waals surface area contributed by atoms with E-state index in [4.69, 9.17) is 4.74 Å². The van der Waals surface area contributed by atoms with Crippen LogP contribution in [0.15, 0.2) is 41.4 Å². The maximum absolute atomic E-state index is 11.6. The summed E-state index contributed by atoms with van der Waals surface area (Å²) in [6.45, 7) is 5.91. The van der Waals surface area contributed by atoms with Crippen molar-refractivity contribution in [2.75, 3.05) is 6.54 Å². The minimum Gasteiger partial charge on any atom is -0.481 e. The van der Waals surface area contributed by atoms with Crippen LogP contribution in [-0.4, -0.2) is 18.6 Å². The molecule has 0 fully saturated rings. The quantitative estimate of drug-likeness (QED) is 0.648. The van der Waals surface area contributed by atoms with Gasteiger partial charge in [0.25, 0.3) is 5.91 Å². The fourth-order valence-electron chi connectivity index (χ4n) is 1.21. The number of ether oxygens (including phenoxy) is 1. The summed E-state index contributed by atoms with van der Waals surface area (Å²) in [7, 11) is 0. The van der Waals surface area contributed by atoms with E-state index in [2.05, 4.69) is 27.8 Å². The second kappa shape index (κ2) is 7.12. The maximum Gasteiger partial charge on any atom is 0.260 e. The first kappa shape index (κ1) is 13.8. The highest BCUT2D eigenvalue weighted by atomic mass is 79.9. The number of nitrogens with one attached hydrogen (secondary N) is 1. The van der Waals surface area contributed by atoms with E-state index in [0.717, 1.165) is 10.9 Å². The summed E-state index contributed by atoms with van der Waals surface area (Å²) in [5.74, 6) is 0.564. The van der Waals surface area contributed by atoms with Crippen molar-refractivity contribution in [3.8, 4) is 5.75 Å². The van der Waals surface area contributed by atoms with Crippen LogP contribution in [-0.2, 0) is 4.79 Å². The third kappa shape index (κ3) is 5.04. The van der Waals surface area contributed by atoms with Crippen LogP contribution in [0.4, 0.5) is 0 Å². The van der Waals surface area contributed by atoms with Gasteiger partial charge in [0.2, 0.25) is 0 Å². The van der Waals surface area contributed by atoms with Gasteiger partial charge < -0.3 is 10.1 Å². The van der Waals surface area contributed by atoms with Gasteiger partial charge in [-0.15, -0.1) is 6.58 Å². The Balaban J connectivity index is 2.42. The van der Waals surface area contributed by atoms with E-state index in [9.17, 15) is 4.79 Å². The molecule has 0 aromatic heterocycles. The molecule has 0 saturated heterocycles. The Labute approximate surface area is 110 Å². The monoisotopic (exact) mass is 297 g/mol. The summed E-state index contributed by atoms with van der Waals surface area (Å²) in [6, 6.07) is 7.38. The van der Waals surface area contributed by atoms with Gasteiger partial charge in [-0.05, 0) is 37.6 Å². The van der Waals surface area contributed by atoms with Crippen molar-refractivity contribution < 1.29 is 9.53 Å². The number of hydrogen-bond donors (Lipinski definition) is 1. The summed E-state index contributed by atoms with van der Waals surface area (Å²) in [5.41, 5.74) is 0. The number of carbonyl (C=O) groups is 1. The molecule has 0 spiro atoms. The summed E-state index contributed by atoms with van der Waals surface area (Å²) in [4.78, 5) is 11.6. The zero-order valence-electron chi connectivity index (χ0n) is 9.78. The molecule has 1 aromatic carbocycles. The Bertz CT molecular complexity index is 376. The van der Waals surface area contributed by atoms with Crippen LogP contribution in [0, 0.1) is 0 Å². The lowest BCUT2D eigenvalue weighted by Gasteiger charge is -2.14. The van der Waals surface area contributed by atoms with E-state index in [1.807, 2.05) is 24.3 Å². The van der Waals surface area contributed by atoms with E-state index in [0.29, 0.717) is 12.3 Å². The summed E-state index contributed by atoms with van der Waals surface area (Å²) < 4.78 is 6.48. The number of carbonyl (C=O) groups excluding carboxylic acids is 1. The van der Waals surface area contributed by atoms with Crippen molar-refractivity contribution in [2.24, 2.45) is 0 Å². The molecule has 4 heteroatoms. The molecule has 0 saturated carbocycles. The zero-order chi connectivity index (χ0) is 12.7. The molecular weight excluding hydrogens is 282 g/mol. The van der Waals surface area contributed by atoms with Crippen LogP contribution in [0.3, 0.4) is 0 Å². The lowest BCUT2D eigenvalue weighted by atomic mass is 10.3. The second-order valence-electron chi connectivity index (χ2n) is 3.58. The highest BCUT2D eigenvalue weighted by molar-refractivity contribution is 9.10. The van der Waals surface area contributed by atoms with Gasteiger partial charge in [-0.25, -0.2) is 0 Å². The largest absolute Gasteiger partial charge is 0.481 e. The molecule has 3 nitrogen and oxygen atoms in total. The zero-order valence-corrected chi connectivity index (χ0v) is 11.4. The van der Waals surface area contributed by atoms with Gasteiger partial charge in [-0.1, -0.05) is 22.0 Å². The van der Waals surface area contributed by atoms with Crippen molar-refractivity contribution in [2.45, 2.75) is 19.4 Å². The maximum atomic E-state index is 11.6. The molecule has 1 unspecified atom stereocenters. The SMILES string of the molecule is C=CCCNC(=O)C(C)Oc1ccc(Br)cc1. The van der Waals surface area contributed by atoms with Gasteiger partial charge in [-0.2, -0.15) is 0 Å². The molecule has 0 aliphatic heterocycles. The molecule has 1 rings (SSSR count). The number of benzene rings is 1. The van der Waals surface area contributed by atoms with E-state index in [1.165, 1.54) is 0 Å². The van der Waals surface area contributed by atoms with E-state index >= 15 is 0 Å². The van der Waals surface area contributed by atoms with Crippen LogP contribution in [0.1, 0.15) is 13.3 Å². The minimum absolute atomic E-state index is 0.116. The molecule has 1 atom stereocenters. The summed E-state index contributed by atoms with van der Waals surface area (Å²) in [6.07, 6.45) is 2.03. The van der Waals surface area contributed by atoms with Gasteiger partial charge in [0.1, 0.15) is 5.75 Å². The third-order valence-electron chi connectivity index (χ3n) is 2.14. The lowest BCUT2D eigenvalue weighted by molar-refractivity contribution is -0.127. The van der Waals surface area contributed by atoms with E-state index in [1.54, 1.807) is 13.0 Å². The molecule has 0 bridgehead atoms. The standard InChI is InChI=1S/C13H16BrNO2/c1-3-4-9-15-13(16)10(2)17-12-7-5-11(14)6-8-12/h3,5-8,10H,1,4,9H2,2H3,(H,15,16). The number of halogens is 1. The molecule has 0 aliphatic carbocycles. The normalized spacial score (nSPS) is 11.6. The van der Waals surface area contributed by atoms with Crippen molar-refractivity contribution in [1.29, 1.82) is 0 Å². The molecular formula is C13H16BrNO2. The van der Waals surface area contributed by atoms with Gasteiger partial charge in [0, 0.05) is 11.0 Å². The fourth-order valence-corrected chi connectivity index (χ4v) is 1.48. The van der Waals surface area contributed by atoms with Crippen LogP contribution in [0.25, 0.3) is 0 Å². The fraction of sp³-hybridized carbons (Fsp3) is 0.308. The first-order valence-electron chi connectivity index (χ1n) is 5.44. The smallest absolute Gasteiger partial charge is 0.260 e. The molecule has 92 valence electrons. The average molecular weight is 298 g/mol. The minimum atomic E-state index is -0.499. The second-order valence-corrected chi connectivity index (χ2v) is 4.50. The van der Waals surface area contributed by atoms with Crippen molar-refractivity contribution in [1.82, 2.24) is 5.32 Å². The molecule has 0 aliphatic rings. The molecule has 17 heavy (non-hydrogen) atoms. The average Bonchev–Trinajstić information content (AvgIpc) is 2.32. The molecule has 1 aromatic rings. The predicted octanol–water partition coefficient (Wildman–Crippen LogP) is 2.91. The molecule has 0 heterocycles. The van der Waals surface area contributed by atoms with Crippen molar-refractivity contribution >= 4 is 21.8 Å². The molecule has 1 amide bonds. The lowest BCUT2D eigenvalue weighted by Crippen LogP contribution is -2.36. The highest BCUT2D eigenvalue weighted by Crippen LogP contribution is 2.17. The van der Waals surface area contributed by atoms with Crippen LogP contribution < -0.4 is 10.1 Å². The number of amides is 1. The summed E-state index contributed by atoms with van der Waals surface area (Å²) in [5, 5.41) is 2.77. The first-order chi connectivity index (χ1) is 8.13. The molecule has 1 N–H and O–H groups in total. The van der Waals surface area contributed by atoms with E-state index < -0.39 is 6.10 Å². The summed E-state index contributed by atoms with van der Waals surface area (Å²) >= 11 is 3.34. The third-order valence-corrected chi connectivity index (χ3v) is 2.67. The topological polar surface area (TPSA) is 38.3 Å². The van der Waals surface area contributed by atoms with Gasteiger partial charge in [0.05, 0.1) is 0 Å². The van der Waals surface area contributed by atoms with Crippen molar-refractivity contribution in [3.05, 3.63) is 41.4 Å². The predicted molar refractivity (Wildman–Crippen MR) is 72.1 cm³/mol. The van der Waals surface area contributed by atoms with Crippen LogP contribution in [0.5, 0.6) is 5.75 Å². The first-order valence-corrected chi connectivity index (χ1v) is 6.23. The van der Waals surface area contributed by atoms with E-state index in [-0.39, 0.29) is 5.91 Å². The number of hydrogen-bond acceptors (Lipinski definition) is 2. The molecule has 0 radical (unpaired) electrons. The van der Waals surface area contributed by atoms with Gasteiger partial charge in [-0.3, -0.25) is 4.79 Å². The Morgan fingerprint density at radius 2 is 2.18 bits per heavy atom. The van der Waals surface area contributed by atoms with Crippen LogP contribution in [0.2, 0.25) is 0 Å². The number of rotatable bonds is 6. The van der Waals surface area contributed by atoms with Gasteiger partial charge in [0.15, 0.2) is 6.10 Å². The Hall–Kier alpha value is -1.29.